The molecule has 1 heterocycles. The number of nitrogen functional groups attached to an aromatic ring is 1. The Morgan fingerprint density at radius 2 is 2.29 bits per heavy atom. The molecule has 0 aliphatic rings. The molecule has 5 nitrogen and oxygen atoms in total. The van der Waals surface area contributed by atoms with Gasteiger partial charge in [0.05, 0.1) is 12.3 Å². The number of aromatic nitrogens is 3. The van der Waals surface area contributed by atoms with Crippen molar-refractivity contribution in [1.29, 1.82) is 0 Å². The first-order valence-electron chi connectivity index (χ1n) is 5.25. The van der Waals surface area contributed by atoms with Crippen LogP contribution >= 0.6 is 11.8 Å². The van der Waals surface area contributed by atoms with Crippen LogP contribution in [0.5, 0.6) is 5.75 Å². The quantitative estimate of drug-likeness (QED) is 0.840. The molecule has 0 aliphatic heterocycles. The van der Waals surface area contributed by atoms with E-state index >= 15 is 0 Å². The van der Waals surface area contributed by atoms with Gasteiger partial charge in [0.1, 0.15) is 12.1 Å². The second-order valence-corrected chi connectivity index (χ2v) is 4.44. The van der Waals surface area contributed by atoms with Crippen LogP contribution < -0.4 is 10.5 Å². The van der Waals surface area contributed by atoms with Crippen molar-refractivity contribution < 1.29 is 4.74 Å². The van der Waals surface area contributed by atoms with Crippen molar-refractivity contribution in [2.24, 2.45) is 7.05 Å². The van der Waals surface area contributed by atoms with Crippen molar-refractivity contribution in [3.8, 4) is 5.75 Å². The molecule has 17 heavy (non-hydrogen) atoms. The van der Waals surface area contributed by atoms with Gasteiger partial charge in [-0.2, -0.15) is 5.10 Å². The normalized spacial score (nSPS) is 10.5. The first-order chi connectivity index (χ1) is 8.20. The summed E-state index contributed by atoms with van der Waals surface area (Å²) in [4.78, 5) is 5.18. The van der Waals surface area contributed by atoms with Gasteiger partial charge in [0.2, 0.25) is 0 Å². The molecule has 0 saturated heterocycles. The molecule has 0 saturated carbocycles. The van der Waals surface area contributed by atoms with E-state index in [2.05, 4.69) is 10.1 Å². The van der Waals surface area contributed by atoms with Crippen LogP contribution in [-0.2, 0) is 7.05 Å². The van der Waals surface area contributed by atoms with E-state index in [-0.39, 0.29) is 0 Å². The molecule has 0 amide bonds. The molecule has 0 atom stereocenters. The lowest BCUT2D eigenvalue weighted by atomic mass is 10.3. The minimum Gasteiger partial charge on any atom is -0.492 e. The number of aryl methyl sites for hydroxylation is 1. The lowest BCUT2D eigenvalue weighted by Gasteiger charge is -2.08. The van der Waals surface area contributed by atoms with Gasteiger partial charge in [-0.1, -0.05) is 11.8 Å². The average molecular weight is 250 g/mol. The number of rotatable bonds is 4. The van der Waals surface area contributed by atoms with Crippen molar-refractivity contribution in [1.82, 2.24) is 14.8 Å². The monoisotopic (exact) mass is 250 g/mol. The Bertz CT molecular complexity index is 512. The number of anilines is 1. The van der Waals surface area contributed by atoms with E-state index in [4.69, 9.17) is 10.5 Å². The Balaban J connectivity index is 2.22. The van der Waals surface area contributed by atoms with Gasteiger partial charge in [-0.05, 0) is 25.1 Å². The lowest BCUT2D eigenvalue weighted by Crippen LogP contribution is -1.97. The third kappa shape index (κ3) is 2.71. The summed E-state index contributed by atoms with van der Waals surface area (Å²) in [7, 11) is 1.86. The number of nitrogens with zero attached hydrogens (tertiary/aromatic N) is 3. The fraction of sp³-hybridized carbons (Fsp3) is 0.273. The van der Waals surface area contributed by atoms with Crippen LogP contribution in [0.15, 0.2) is 34.6 Å². The smallest absolute Gasteiger partial charge is 0.190 e. The summed E-state index contributed by atoms with van der Waals surface area (Å²) in [6.07, 6.45) is 1.53. The molecule has 0 fully saturated rings. The summed E-state index contributed by atoms with van der Waals surface area (Å²) in [5.41, 5.74) is 6.46. The summed E-state index contributed by atoms with van der Waals surface area (Å²) in [6, 6.07) is 5.69. The van der Waals surface area contributed by atoms with Crippen LogP contribution in [0.2, 0.25) is 0 Å². The highest BCUT2D eigenvalue weighted by Gasteiger charge is 2.06. The van der Waals surface area contributed by atoms with Gasteiger partial charge in [-0.15, -0.1) is 0 Å². The van der Waals surface area contributed by atoms with Crippen molar-refractivity contribution in [2.75, 3.05) is 12.3 Å². The third-order valence-corrected chi connectivity index (χ3v) is 3.21. The van der Waals surface area contributed by atoms with Gasteiger partial charge in [0.15, 0.2) is 5.16 Å². The van der Waals surface area contributed by atoms with Crippen molar-refractivity contribution in [2.45, 2.75) is 17.0 Å². The summed E-state index contributed by atoms with van der Waals surface area (Å²) in [5.74, 6) is 0.708. The van der Waals surface area contributed by atoms with E-state index in [1.54, 1.807) is 4.68 Å². The molecule has 6 heteroatoms. The molecule has 2 N–H and O–H groups in total. The maximum atomic E-state index is 5.81. The van der Waals surface area contributed by atoms with Crippen LogP contribution in [0.25, 0.3) is 0 Å². The predicted octanol–water partition coefficient (Wildman–Crippen LogP) is 1.95. The maximum absolute atomic E-state index is 5.81. The Labute approximate surface area is 104 Å². The summed E-state index contributed by atoms with van der Waals surface area (Å²) < 4.78 is 7.17. The number of benzene rings is 1. The Morgan fingerprint density at radius 1 is 1.47 bits per heavy atom. The first-order valence-corrected chi connectivity index (χ1v) is 6.06. The molecule has 0 unspecified atom stereocenters. The molecule has 2 aromatic rings. The van der Waals surface area contributed by atoms with Gasteiger partial charge < -0.3 is 10.5 Å². The van der Waals surface area contributed by atoms with Crippen molar-refractivity contribution >= 4 is 17.4 Å². The summed E-state index contributed by atoms with van der Waals surface area (Å²) in [5, 5.41) is 4.85. The van der Waals surface area contributed by atoms with E-state index in [1.807, 2.05) is 32.2 Å². The van der Waals surface area contributed by atoms with Crippen LogP contribution in [0.3, 0.4) is 0 Å². The minimum atomic E-state index is 0.599. The zero-order valence-corrected chi connectivity index (χ0v) is 10.6. The fourth-order valence-corrected chi connectivity index (χ4v) is 2.13. The van der Waals surface area contributed by atoms with Gasteiger partial charge >= 0.3 is 0 Å². The Morgan fingerprint density at radius 3 is 2.94 bits per heavy atom. The third-order valence-electron chi connectivity index (χ3n) is 2.16. The molecule has 0 bridgehead atoms. The average Bonchev–Trinajstić information content (AvgIpc) is 2.70. The molecule has 1 aromatic heterocycles. The topological polar surface area (TPSA) is 66.0 Å². The van der Waals surface area contributed by atoms with Gasteiger partial charge in [-0.25, -0.2) is 9.67 Å². The fourth-order valence-electron chi connectivity index (χ4n) is 1.34. The highest BCUT2D eigenvalue weighted by atomic mass is 32.2. The largest absolute Gasteiger partial charge is 0.492 e. The van der Waals surface area contributed by atoms with E-state index in [1.165, 1.54) is 18.1 Å². The van der Waals surface area contributed by atoms with Gasteiger partial charge in [0, 0.05) is 11.9 Å². The summed E-state index contributed by atoms with van der Waals surface area (Å²) in [6.45, 7) is 2.53. The number of hydrogen-bond acceptors (Lipinski definition) is 5. The highest BCUT2D eigenvalue weighted by molar-refractivity contribution is 7.99. The molecule has 0 radical (unpaired) electrons. The number of hydrogen-bond donors (Lipinski definition) is 1. The zero-order chi connectivity index (χ0) is 12.3. The number of ether oxygens (including phenoxy) is 1. The molecular weight excluding hydrogens is 236 g/mol. The molecule has 90 valence electrons. The molecule has 0 spiro atoms. The van der Waals surface area contributed by atoms with Gasteiger partial charge in [0.25, 0.3) is 0 Å². The molecule has 0 aliphatic carbocycles. The van der Waals surface area contributed by atoms with E-state index < -0.39 is 0 Å². The minimum absolute atomic E-state index is 0.599. The maximum Gasteiger partial charge on any atom is 0.190 e. The zero-order valence-electron chi connectivity index (χ0n) is 9.75. The second-order valence-electron chi connectivity index (χ2n) is 3.40. The SMILES string of the molecule is CCOc1cc(Sc2ncnn2C)ccc1N. The van der Waals surface area contributed by atoms with E-state index in [0.29, 0.717) is 18.0 Å². The van der Waals surface area contributed by atoms with Crippen LogP contribution in [0.4, 0.5) is 5.69 Å². The van der Waals surface area contributed by atoms with Gasteiger partial charge in [-0.3, -0.25) is 0 Å². The molecule has 2 rings (SSSR count). The van der Waals surface area contributed by atoms with Crippen LogP contribution in [0, 0.1) is 0 Å². The predicted molar refractivity (Wildman–Crippen MR) is 67.1 cm³/mol. The Hall–Kier alpha value is -1.69. The van der Waals surface area contributed by atoms with E-state index in [0.717, 1.165) is 10.1 Å². The molecular formula is C11H14N4OS. The van der Waals surface area contributed by atoms with Crippen LogP contribution in [0.1, 0.15) is 6.92 Å². The summed E-state index contributed by atoms with van der Waals surface area (Å²) >= 11 is 1.52. The van der Waals surface area contributed by atoms with Crippen molar-refractivity contribution in [3.05, 3.63) is 24.5 Å². The molecule has 1 aromatic carbocycles. The van der Waals surface area contributed by atoms with E-state index in [9.17, 15) is 0 Å². The van der Waals surface area contributed by atoms with Crippen LogP contribution in [-0.4, -0.2) is 21.4 Å². The highest BCUT2D eigenvalue weighted by Crippen LogP contribution is 2.31. The second kappa shape index (κ2) is 5.09. The standard InChI is InChI=1S/C11H14N4OS/c1-3-16-10-6-8(4-5-9(10)12)17-11-13-7-14-15(11)2/h4-7H,3,12H2,1-2H3. The first kappa shape index (κ1) is 11.8. The lowest BCUT2D eigenvalue weighted by molar-refractivity contribution is 0.341. The Kier molecular flexibility index (Phi) is 3.53. The van der Waals surface area contributed by atoms with Crippen molar-refractivity contribution in [3.63, 3.8) is 0 Å². The number of nitrogens with two attached hydrogens (primary N) is 1.